The van der Waals surface area contributed by atoms with E-state index < -0.39 is 22.9 Å². The molecule has 1 atom stereocenters. The third-order valence-corrected chi connectivity index (χ3v) is 6.09. The molecule has 34 heavy (non-hydrogen) atoms. The Morgan fingerprint density at radius 2 is 1.88 bits per heavy atom. The highest BCUT2D eigenvalue weighted by molar-refractivity contribution is 8.00. The van der Waals surface area contributed by atoms with E-state index in [1.165, 1.54) is 30.0 Å². The molecule has 0 bridgehead atoms. The highest BCUT2D eigenvalue weighted by Crippen LogP contribution is 2.33. The molecule has 9 nitrogen and oxygen atoms in total. The lowest BCUT2D eigenvalue weighted by Crippen LogP contribution is -2.26. The van der Waals surface area contributed by atoms with Crippen molar-refractivity contribution in [3.63, 3.8) is 0 Å². The predicted molar refractivity (Wildman–Crippen MR) is 127 cm³/mol. The fourth-order valence-electron chi connectivity index (χ4n) is 3.38. The molecule has 1 aliphatic heterocycles. The number of rotatable bonds is 6. The first kappa shape index (κ1) is 23.0. The summed E-state index contributed by atoms with van der Waals surface area (Å²) in [6, 6.07) is 17.5. The normalized spacial score (nSPS) is 13.3. The molecule has 4 rings (SSSR count). The molecule has 2 amide bonds. The van der Waals surface area contributed by atoms with Crippen LogP contribution in [0.1, 0.15) is 27.6 Å². The van der Waals surface area contributed by atoms with Gasteiger partial charge in [0.1, 0.15) is 5.69 Å². The third-order valence-electron chi connectivity index (χ3n) is 5.02. The van der Waals surface area contributed by atoms with Crippen molar-refractivity contribution >= 4 is 46.6 Å². The number of carbonyl (C=O) groups is 3. The number of hydrogen-bond acceptors (Lipinski definition) is 7. The zero-order chi connectivity index (χ0) is 24.2. The maximum Gasteiger partial charge on any atom is 0.339 e. The van der Waals surface area contributed by atoms with Crippen LogP contribution < -0.4 is 10.6 Å². The van der Waals surface area contributed by atoms with Gasteiger partial charge < -0.3 is 15.4 Å². The Hall–Kier alpha value is -4.18. The number of nitro groups is 1. The number of ether oxygens (including phenoxy) is 1. The van der Waals surface area contributed by atoms with Crippen LogP contribution in [0.3, 0.4) is 0 Å². The molecular weight excluding hydrogens is 458 g/mol. The Kier molecular flexibility index (Phi) is 6.60. The van der Waals surface area contributed by atoms with Gasteiger partial charge in [-0.15, -0.1) is 11.8 Å². The third kappa shape index (κ3) is 5.07. The van der Waals surface area contributed by atoms with E-state index in [0.717, 1.165) is 4.90 Å². The molecule has 0 aliphatic carbocycles. The number of nitrogens with zero attached hydrogens (tertiary/aromatic N) is 1. The first-order valence-corrected chi connectivity index (χ1v) is 11.2. The fraction of sp³-hybridized carbons (Fsp3) is 0.125. The number of hydrogen-bond donors (Lipinski definition) is 2. The lowest BCUT2D eigenvalue weighted by atomic mass is 10.1. The Balaban J connectivity index is 1.61. The topological polar surface area (TPSA) is 128 Å². The number of benzene rings is 3. The number of fused-ring (bicyclic) bond motifs is 1. The zero-order valence-electron chi connectivity index (χ0n) is 17.9. The van der Waals surface area contributed by atoms with Gasteiger partial charge in [0, 0.05) is 16.5 Å². The van der Waals surface area contributed by atoms with Crippen LogP contribution in [-0.2, 0) is 14.3 Å². The minimum Gasteiger partial charge on any atom is -0.444 e. The summed E-state index contributed by atoms with van der Waals surface area (Å²) in [6.45, 7) is 1.70. The summed E-state index contributed by atoms with van der Waals surface area (Å²) in [7, 11) is 0. The van der Waals surface area contributed by atoms with E-state index in [1.54, 1.807) is 55.5 Å². The molecule has 0 saturated heterocycles. The minimum atomic E-state index is -1.37. The molecule has 1 heterocycles. The van der Waals surface area contributed by atoms with E-state index in [9.17, 15) is 24.5 Å². The van der Waals surface area contributed by atoms with Gasteiger partial charge in [0.15, 0.2) is 0 Å². The van der Waals surface area contributed by atoms with Crippen LogP contribution in [0.5, 0.6) is 0 Å². The van der Waals surface area contributed by atoms with Gasteiger partial charge in [0.05, 0.1) is 21.9 Å². The smallest absolute Gasteiger partial charge is 0.339 e. The highest BCUT2D eigenvalue weighted by Gasteiger charge is 2.28. The van der Waals surface area contributed by atoms with Gasteiger partial charge in [-0.2, -0.15) is 0 Å². The van der Waals surface area contributed by atoms with Gasteiger partial charge in [-0.1, -0.05) is 36.4 Å². The number of amides is 2. The molecule has 10 heteroatoms. The molecule has 1 aliphatic rings. The maximum atomic E-state index is 13.1. The van der Waals surface area contributed by atoms with Crippen molar-refractivity contribution in [2.24, 2.45) is 0 Å². The molecule has 0 spiro atoms. The molecule has 0 fully saturated rings. The zero-order valence-corrected chi connectivity index (χ0v) is 18.8. The largest absolute Gasteiger partial charge is 0.444 e. The summed E-state index contributed by atoms with van der Waals surface area (Å²) in [6.07, 6.45) is -1.37. The molecule has 0 saturated carbocycles. The van der Waals surface area contributed by atoms with Crippen molar-refractivity contribution in [2.45, 2.75) is 17.9 Å². The first-order chi connectivity index (χ1) is 16.3. The Bertz CT molecular complexity index is 1300. The molecule has 3 aromatic rings. The highest BCUT2D eigenvalue weighted by atomic mass is 32.2. The van der Waals surface area contributed by atoms with Gasteiger partial charge >= 0.3 is 5.97 Å². The molecule has 1 unspecified atom stereocenters. The van der Waals surface area contributed by atoms with Crippen LogP contribution in [0.25, 0.3) is 0 Å². The molecule has 0 aromatic heterocycles. The van der Waals surface area contributed by atoms with Crippen molar-refractivity contribution in [1.29, 1.82) is 0 Å². The van der Waals surface area contributed by atoms with Crippen LogP contribution in [0.15, 0.2) is 71.6 Å². The Morgan fingerprint density at radius 3 is 2.62 bits per heavy atom. The molecular formula is C24H19N3O6S. The summed E-state index contributed by atoms with van der Waals surface area (Å²) in [5.41, 5.74) is 1.42. The molecule has 3 aromatic carbocycles. The van der Waals surface area contributed by atoms with Gasteiger partial charge in [-0.3, -0.25) is 19.7 Å². The van der Waals surface area contributed by atoms with Crippen LogP contribution in [-0.4, -0.2) is 28.5 Å². The summed E-state index contributed by atoms with van der Waals surface area (Å²) in [5, 5.41) is 16.7. The summed E-state index contributed by atoms with van der Waals surface area (Å²) in [4.78, 5) is 49.4. The summed E-state index contributed by atoms with van der Waals surface area (Å²) < 4.78 is 5.56. The molecule has 2 N–H and O–H groups in total. The van der Waals surface area contributed by atoms with E-state index >= 15 is 0 Å². The first-order valence-electron chi connectivity index (χ1n) is 10.2. The Morgan fingerprint density at radius 1 is 1.12 bits per heavy atom. The second kappa shape index (κ2) is 9.75. The average molecular weight is 477 g/mol. The molecule has 172 valence electrons. The van der Waals surface area contributed by atoms with E-state index in [1.807, 2.05) is 0 Å². The average Bonchev–Trinajstić information content (AvgIpc) is 2.83. The summed E-state index contributed by atoms with van der Waals surface area (Å²) >= 11 is 1.36. The number of aryl methyl sites for hydroxylation is 1. The van der Waals surface area contributed by atoms with E-state index in [0.29, 0.717) is 16.8 Å². The van der Waals surface area contributed by atoms with Crippen molar-refractivity contribution in [3.8, 4) is 0 Å². The van der Waals surface area contributed by atoms with E-state index in [4.69, 9.17) is 4.74 Å². The quantitative estimate of drug-likeness (QED) is 0.304. The van der Waals surface area contributed by atoms with Crippen molar-refractivity contribution in [3.05, 3.63) is 93.5 Å². The van der Waals surface area contributed by atoms with Crippen molar-refractivity contribution in [2.75, 3.05) is 16.4 Å². The number of esters is 1. The van der Waals surface area contributed by atoms with Crippen LogP contribution >= 0.6 is 11.8 Å². The lowest BCUT2D eigenvalue weighted by Gasteiger charge is -2.20. The van der Waals surface area contributed by atoms with Gasteiger partial charge in [-0.05, 0) is 36.8 Å². The van der Waals surface area contributed by atoms with Crippen LogP contribution in [0.4, 0.5) is 17.1 Å². The fourth-order valence-corrected chi connectivity index (χ4v) is 4.17. The number of nitro benzene ring substituents is 1. The number of thioether (sulfide) groups is 1. The molecule has 0 radical (unpaired) electrons. The number of carbonyl (C=O) groups excluding carboxylic acids is 3. The van der Waals surface area contributed by atoms with Gasteiger partial charge in [0.2, 0.25) is 12.0 Å². The minimum absolute atomic E-state index is 0.00824. The number of anilines is 2. The van der Waals surface area contributed by atoms with Crippen molar-refractivity contribution in [1.82, 2.24) is 0 Å². The van der Waals surface area contributed by atoms with E-state index in [2.05, 4.69) is 10.6 Å². The lowest BCUT2D eigenvalue weighted by molar-refractivity contribution is -0.384. The second-order valence-electron chi connectivity index (χ2n) is 7.51. The SMILES string of the molecule is Cc1ccc(NC(=O)C(OC(=O)c2ccc3c(c2)NC(=O)CS3)c2ccccc2)c([N+](=O)[O-])c1. The Labute approximate surface area is 198 Å². The predicted octanol–water partition coefficient (Wildman–Crippen LogP) is 4.48. The second-order valence-corrected chi connectivity index (χ2v) is 8.53. The monoisotopic (exact) mass is 477 g/mol. The summed E-state index contributed by atoms with van der Waals surface area (Å²) in [5.74, 6) is -1.41. The van der Waals surface area contributed by atoms with Crippen LogP contribution in [0.2, 0.25) is 0 Å². The van der Waals surface area contributed by atoms with E-state index in [-0.39, 0.29) is 28.6 Å². The van der Waals surface area contributed by atoms with Gasteiger partial charge in [0.25, 0.3) is 11.6 Å². The maximum absolute atomic E-state index is 13.1. The standard InChI is InChI=1S/C24H19N3O6S/c1-14-7-9-17(19(11-14)27(31)32)26-23(29)22(15-5-3-2-4-6-15)33-24(30)16-8-10-20-18(12-16)25-21(28)13-34-20/h2-12,22H,13H2,1H3,(H,25,28)(H,26,29). The van der Waals surface area contributed by atoms with Gasteiger partial charge in [-0.25, -0.2) is 4.79 Å². The number of nitrogens with one attached hydrogen (secondary N) is 2. The van der Waals surface area contributed by atoms with Crippen molar-refractivity contribution < 1.29 is 24.0 Å². The van der Waals surface area contributed by atoms with Crippen LogP contribution in [0, 0.1) is 17.0 Å².